The summed E-state index contributed by atoms with van der Waals surface area (Å²) in [6.07, 6.45) is 0.454. The Bertz CT molecular complexity index is 840. The highest BCUT2D eigenvalue weighted by molar-refractivity contribution is 5.85. The van der Waals surface area contributed by atoms with Crippen LogP contribution in [0.4, 0.5) is 4.39 Å². The molecule has 2 N–H and O–H groups in total. The number of likely N-dealkylation sites (N-methyl/N-ethyl adjacent to an activating group) is 1. The van der Waals surface area contributed by atoms with Gasteiger partial charge >= 0.3 is 0 Å². The number of hydrogen-bond donors (Lipinski definition) is 2. The third-order valence-corrected chi connectivity index (χ3v) is 6.40. The van der Waals surface area contributed by atoms with Crippen LogP contribution in [0.15, 0.2) is 48.5 Å². The van der Waals surface area contributed by atoms with E-state index in [1.54, 1.807) is 6.07 Å². The first-order valence-corrected chi connectivity index (χ1v) is 9.72. The van der Waals surface area contributed by atoms with Gasteiger partial charge in [0.25, 0.3) is 0 Å². The number of aromatic hydroxyl groups is 1. The molecule has 1 amide bonds. The molecule has 1 aliphatic rings. The smallest absolute Gasteiger partial charge is 0.224 e. The second-order valence-electron chi connectivity index (χ2n) is 8.26. The predicted octanol–water partition coefficient (Wildman–Crippen LogP) is 3.34. The standard InChI is InChI=1S/C23H29FN2O2/c1-15-21(23(15,2)17-8-6-5-7-9-17)22(28)25-14-18(26(3)4)12-16-10-11-19(27)13-20(16)24/h5-11,13,15,18,21,27H,12,14H2,1-4H3,(H,25,28)/t15?,18-,21?,23+/m0/s1. The fourth-order valence-electron chi connectivity index (χ4n) is 4.19. The van der Waals surface area contributed by atoms with E-state index < -0.39 is 5.82 Å². The van der Waals surface area contributed by atoms with Crippen molar-refractivity contribution < 1.29 is 14.3 Å². The van der Waals surface area contributed by atoms with Gasteiger partial charge in [-0.05, 0) is 43.6 Å². The van der Waals surface area contributed by atoms with Crippen molar-refractivity contribution in [3.8, 4) is 5.75 Å². The summed E-state index contributed by atoms with van der Waals surface area (Å²) >= 11 is 0. The topological polar surface area (TPSA) is 52.6 Å². The van der Waals surface area contributed by atoms with Crippen molar-refractivity contribution in [1.29, 1.82) is 0 Å². The maximum Gasteiger partial charge on any atom is 0.224 e. The van der Waals surface area contributed by atoms with Gasteiger partial charge in [0.2, 0.25) is 5.91 Å². The van der Waals surface area contributed by atoms with Crippen molar-refractivity contribution in [2.75, 3.05) is 20.6 Å². The SMILES string of the molecule is CC1C(C(=O)NC[C@H](Cc2ccc(O)cc2F)N(C)C)[C@@]1(C)c1ccccc1. The number of amides is 1. The molecule has 0 heterocycles. The van der Waals surface area contributed by atoms with Gasteiger partial charge in [-0.2, -0.15) is 0 Å². The van der Waals surface area contributed by atoms with Gasteiger partial charge in [-0.15, -0.1) is 0 Å². The van der Waals surface area contributed by atoms with Gasteiger partial charge in [0, 0.05) is 24.1 Å². The van der Waals surface area contributed by atoms with E-state index in [9.17, 15) is 14.3 Å². The molecule has 1 aliphatic carbocycles. The van der Waals surface area contributed by atoms with Crippen molar-refractivity contribution >= 4 is 5.91 Å². The summed E-state index contributed by atoms with van der Waals surface area (Å²) < 4.78 is 14.1. The van der Waals surface area contributed by atoms with Crippen LogP contribution in [-0.4, -0.2) is 42.6 Å². The summed E-state index contributed by atoms with van der Waals surface area (Å²) in [4.78, 5) is 14.8. The summed E-state index contributed by atoms with van der Waals surface area (Å²) in [6, 6.07) is 14.3. The van der Waals surface area contributed by atoms with Crippen molar-refractivity contribution in [2.24, 2.45) is 11.8 Å². The number of halogens is 1. The number of rotatable bonds is 7. The van der Waals surface area contributed by atoms with E-state index >= 15 is 0 Å². The van der Waals surface area contributed by atoms with Gasteiger partial charge in [0.15, 0.2) is 0 Å². The molecule has 28 heavy (non-hydrogen) atoms. The molecule has 3 rings (SSSR count). The Kier molecular flexibility index (Phi) is 5.75. The Balaban J connectivity index is 1.63. The molecule has 0 bridgehead atoms. The first kappa shape index (κ1) is 20.3. The van der Waals surface area contributed by atoms with Gasteiger partial charge in [0.05, 0.1) is 5.92 Å². The monoisotopic (exact) mass is 384 g/mol. The Morgan fingerprint density at radius 2 is 1.93 bits per heavy atom. The molecule has 0 aromatic heterocycles. The van der Waals surface area contributed by atoms with Crippen LogP contribution in [0.25, 0.3) is 0 Å². The molecule has 4 nitrogen and oxygen atoms in total. The van der Waals surface area contributed by atoms with E-state index in [2.05, 4.69) is 31.3 Å². The summed E-state index contributed by atoms with van der Waals surface area (Å²) in [5.41, 5.74) is 1.58. The molecule has 1 fully saturated rings. The van der Waals surface area contributed by atoms with Crippen molar-refractivity contribution in [2.45, 2.75) is 31.7 Å². The molecule has 2 aromatic rings. The molecule has 2 aromatic carbocycles. The van der Waals surface area contributed by atoms with E-state index in [1.807, 2.05) is 37.2 Å². The number of benzene rings is 2. The molecule has 150 valence electrons. The zero-order chi connectivity index (χ0) is 20.5. The van der Waals surface area contributed by atoms with Crippen molar-refractivity contribution in [1.82, 2.24) is 10.2 Å². The van der Waals surface area contributed by atoms with E-state index in [4.69, 9.17) is 0 Å². The molecule has 0 saturated heterocycles. The van der Waals surface area contributed by atoms with Gasteiger partial charge in [-0.25, -0.2) is 4.39 Å². The number of phenols is 1. The van der Waals surface area contributed by atoms with Crippen molar-refractivity contribution in [3.05, 3.63) is 65.5 Å². The molecule has 2 unspecified atom stereocenters. The first-order valence-electron chi connectivity index (χ1n) is 9.72. The Morgan fingerprint density at radius 1 is 1.25 bits per heavy atom. The molecular formula is C23H29FN2O2. The highest BCUT2D eigenvalue weighted by atomic mass is 19.1. The van der Waals surface area contributed by atoms with E-state index in [0.29, 0.717) is 18.5 Å². The fourth-order valence-corrected chi connectivity index (χ4v) is 4.19. The molecule has 1 saturated carbocycles. The summed E-state index contributed by atoms with van der Waals surface area (Å²) in [7, 11) is 3.84. The lowest BCUT2D eigenvalue weighted by atomic mass is 9.94. The Hall–Kier alpha value is -2.40. The molecule has 0 radical (unpaired) electrons. The maximum absolute atomic E-state index is 14.1. The lowest BCUT2D eigenvalue weighted by molar-refractivity contribution is -0.123. The largest absolute Gasteiger partial charge is 0.508 e. The Morgan fingerprint density at radius 3 is 2.54 bits per heavy atom. The van der Waals surface area contributed by atoms with Crippen LogP contribution in [-0.2, 0) is 16.6 Å². The Labute approximate surface area is 166 Å². The van der Waals surface area contributed by atoms with Crippen LogP contribution in [0, 0.1) is 17.7 Å². The second-order valence-corrected chi connectivity index (χ2v) is 8.26. The summed E-state index contributed by atoms with van der Waals surface area (Å²) in [5.74, 6) is -0.230. The van der Waals surface area contributed by atoms with Crippen LogP contribution < -0.4 is 5.32 Å². The zero-order valence-corrected chi connectivity index (χ0v) is 16.9. The predicted molar refractivity (Wildman–Crippen MR) is 109 cm³/mol. The number of nitrogens with one attached hydrogen (secondary N) is 1. The van der Waals surface area contributed by atoms with Gasteiger partial charge in [0.1, 0.15) is 11.6 Å². The number of phenolic OH excluding ortho intramolecular Hbond substituents is 1. The summed E-state index contributed by atoms with van der Waals surface area (Å²) in [6.45, 7) is 4.71. The van der Waals surface area contributed by atoms with Gasteiger partial charge in [-0.3, -0.25) is 4.79 Å². The zero-order valence-electron chi connectivity index (χ0n) is 16.9. The van der Waals surface area contributed by atoms with Gasteiger partial charge in [-0.1, -0.05) is 50.2 Å². The summed E-state index contributed by atoms with van der Waals surface area (Å²) in [5, 5.41) is 12.5. The number of hydrogen-bond acceptors (Lipinski definition) is 3. The van der Waals surface area contributed by atoms with E-state index in [-0.39, 0.29) is 34.9 Å². The minimum atomic E-state index is -0.425. The molecule has 0 aliphatic heterocycles. The molecule has 4 atom stereocenters. The highest BCUT2D eigenvalue weighted by Crippen LogP contribution is 2.59. The van der Waals surface area contributed by atoms with Crippen LogP contribution >= 0.6 is 0 Å². The first-order chi connectivity index (χ1) is 13.2. The quantitative estimate of drug-likeness (QED) is 0.770. The highest BCUT2D eigenvalue weighted by Gasteiger charge is 2.62. The minimum Gasteiger partial charge on any atom is -0.508 e. The maximum atomic E-state index is 14.1. The normalized spacial score (nSPS) is 24.8. The third kappa shape index (κ3) is 3.90. The average molecular weight is 384 g/mol. The molecule has 5 heteroatoms. The van der Waals surface area contributed by atoms with Crippen molar-refractivity contribution in [3.63, 3.8) is 0 Å². The number of carbonyl (C=O) groups is 1. The number of carbonyl (C=O) groups excluding carboxylic acids is 1. The second kappa shape index (κ2) is 7.92. The number of nitrogens with zero attached hydrogens (tertiary/aromatic N) is 1. The lowest BCUT2D eigenvalue weighted by Gasteiger charge is -2.25. The van der Waals surface area contributed by atoms with Crippen LogP contribution in [0.1, 0.15) is 25.0 Å². The van der Waals surface area contributed by atoms with E-state index in [0.717, 1.165) is 6.07 Å². The minimum absolute atomic E-state index is 0.0416. The fraction of sp³-hybridized carbons (Fsp3) is 0.435. The van der Waals surface area contributed by atoms with Crippen LogP contribution in [0.5, 0.6) is 5.75 Å². The van der Waals surface area contributed by atoms with Crippen LogP contribution in [0.2, 0.25) is 0 Å². The molecule has 0 spiro atoms. The lowest BCUT2D eigenvalue weighted by Crippen LogP contribution is -2.42. The van der Waals surface area contributed by atoms with Crippen LogP contribution in [0.3, 0.4) is 0 Å². The van der Waals surface area contributed by atoms with E-state index in [1.165, 1.54) is 11.6 Å². The average Bonchev–Trinajstić information content (AvgIpc) is 3.22. The third-order valence-electron chi connectivity index (χ3n) is 6.40. The molecular weight excluding hydrogens is 355 g/mol. The van der Waals surface area contributed by atoms with Gasteiger partial charge < -0.3 is 15.3 Å².